The third-order valence-electron chi connectivity index (χ3n) is 3.21. The fourth-order valence-corrected chi connectivity index (χ4v) is 3.03. The van der Waals surface area contributed by atoms with E-state index in [9.17, 15) is 13.2 Å². The average Bonchev–Trinajstić information content (AvgIpc) is 2.49. The summed E-state index contributed by atoms with van der Waals surface area (Å²) in [4.78, 5) is 12.0. The van der Waals surface area contributed by atoms with E-state index in [1.165, 1.54) is 24.3 Å². The van der Waals surface area contributed by atoms with Gasteiger partial charge in [0.05, 0.1) is 11.4 Å². The molecule has 0 unspecified atom stereocenters. The lowest BCUT2D eigenvalue weighted by molar-refractivity contribution is -0.115. The van der Waals surface area contributed by atoms with Gasteiger partial charge in [0.1, 0.15) is 0 Å². The number of hydrogen-bond donors (Lipinski definition) is 2. The molecule has 0 bridgehead atoms. The molecule has 0 radical (unpaired) electrons. The van der Waals surface area contributed by atoms with Gasteiger partial charge >= 0.3 is 0 Å². The number of benzene rings is 2. The van der Waals surface area contributed by atoms with Crippen LogP contribution in [0.2, 0.25) is 5.02 Å². The van der Waals surface area contributed by atoms with Crippen LogP contribution in [0.5, 0.6) is 0 Å². The van der Waals surface area contributed by atoms with E-state index in [1.807, 2.05) is 32.0 Å². The first-order valence-corrected chi connectivity index (χ1v) is 8.76. The molecule has 1 amide bonds. The number of halogens is 1. The highest BCUT2D eigenvalue weighted by atomic mass is 35.5. The maximum Gasteiger partial charge on any atom is 0.241 e. The van der Waals surface area contributed by atoms with Crippen molar-refractivity contribution in [2.24, 2.45) is 0 Å². The smallest absolute Gasteiger partial charge is 0.241 e. The van der Waals surface area contributed by atoms with Gasteiger partial charge in [0, 0.05) is 10.7 Å². The highest BCUT2D eigenvalue weighted by Crippen LogP contribution is 2.16. The van der Waals surface area contributed by atoms with E-state index in [2.05, 4.69) is 10.0 Å². The lowest BCUT2D eigenvalue weighted by Crippen LogP contribution is -2.33. The van der Waals surface area contributed by atoms with Crippen LogP contribution in [-0.2, 0) is 14.8 Å². The van der Waals surface area contributed by atoms with Crippen LogP contribution in [0.15, 0.2) is 47.4 Å². The van der Waals surface area contributed by atoms with Gasteiger partial charge in [-0.3, -0.25) is 4.79 Å². The van der Waals surface area contributed by atoms with Crippen LogP contribution in [-0.4, -0.2) is 20.9 Å². The van der Waals surface area contributed by atoms with Crippen LogP contribution in [0, 0.1) is 13.8 Å². The first-order chi connectivity index (χ1) is 10.8. The van der Waals surface area contributed by atoms with Crippen LogP contribution in [0.25, 0.3) is 0 Å². The Hall–Kier alpha value is -1.89. The number of carbonyl (C=O) groups is 1. The maximum absolute atomic E-state index is 12.1. The van der Waals surface area contributed by atoms with Crippen LogP contribution >= 0.6 is 11.6 Å². The zero-order valence-electron chi connectivity index (χ0n) is 12.8. The third kappa shape index (κ3) is 4.79. The second kappa shape index (κ2) is 7.12. The van der Waals surface area contributed by atoms with E-state index in [0.717, 1.165) is 11.1 Å². The van der Waals surface area contributed by atoms with Gasteiger partial charge in [-0.2, -0.15) is 0 Å². The standard InChI is InChI=1S/C16H17ClN2O3S/c1-11-3-4-12(2)15(9-11)19-16(20)10-18-23(21,22)14-7-5-13(17)6-8-14/h3-9,18H,10H2,1-2H3,(H,19,20). The molecular weight excluding hydrogens is 336 g/mol. The maximum atomic E-state index is 12.1. The van der Waals surface area contributed by atoms with E-state index in [0.29, 0.717) is 10.7 Å². The summed E-state index contributed by atoms with van der Waals surface area (Å²) in [6.07, 6.45) is 0. The van der Waals surface area contributed by atoms with Crippen LogP contribution in [0.4, 0.5) is 5.69 Å². The zero-order chi connectivity index (χ0) is 17.0. The lowest BCUT2D eigenvalue weighted by atomic mass is 10.1. The topological polar surface area (TPSA) is 75.3 Å². The fraction of sp³-hybridized carbons (Fsp3) is 0.188. The minimum Gasteiger partial charge on any atom is -0.325 e. The Balaban J connectivity index is 2.01. The van der Waals surface area contributed by atoms with Crippen molar-refractivity contribution in [2.45, 2.75) is 18.7 Å². The van der Waals surface area contributed by atoms with E-state index in [4.69, 9.17) is 11.6 Å². The summed E-state index contributed by atoms with van der Waals surface area (Å²) >= 11 is 5.73. The molecule has 2 N–H and O–H groups in total. The van der Waals surface area contributed by atoms with Crippen molar-refractivity contribution in [3.63, 3.8) is 0 Å². The molecule has 0 aliphatic heterocycles. The van der Waals surface area contributed by atoms with E-state index in [-0.39, 0.29) is 11.4 Å². The van der Waals surface area contributed by atoms with Crippen LogP contribution in [0.1, 0.15) is 11.1 Å². The van der Waals surface area contributed by atoms with Crippen molar-refractivity contribution in [2.75, 3.05) is 11.9 Å². The molecule has 0 spiro atoms. The molecule has 0 saturated carbocycles. The Kier molecular flexibility index (Phi) is 5.41. The molecular formula is C16H17ClN2O3S. The van der Waals surface area contributed by atoms with E-state index in [1.54, 1.807) is 0 Å². The Bertz CT molecular complexity index is 818. The Morgan fingerprint density at radius 3 is 2.39 bits per heavy atom. The molecule has 0 heterocycles. The summed E-state index contributed by atoms with van der Waals surface area (Å²) in [5, 5.41) is 3.14. The fourth-order valence-electron chi connectivity index (χ4n) is 1.92. The molecule has 5 nitrogen and oxygen atoms in total. The molecule has 0 saturated heterocycles. The van der Waals surface area contributed by atoms with Crippen molar-refractivity contribution in [3.8, 4) is 0 Å². The molecule has 0 aliphatic rings. The predicted molar refractivity (Wildman–Crippen MR) is 91.2 cm³/mol. The Morgan fingerprint density at radius 2 is 1.74 bits per heavy atom. The molecule has 2 aromatic rings. The summed E-state index contributed by atoms with van der Waals surface area (Å²) in [6.45, 7) is 3.43. The van der Waals surface area contributed by atoms with Crippen molar-refractivity contribution in [1.29, 1.82) is 0 Å². The molecule has 122 valence electrons. The molecule has 23 heavy (non-hydrogen) atoms. The predicted octanol–water partition coefficient (Wildman–Crippen LogP) is 2.87. The molecule has 2 rings (SSSR count). The Labute approximate surface area is 140 Å². The zero-order valence-corrected chi connectivity index (χ0v) is 14.3. The summed E-state index contributed by atoms with van der Waals surface area (Å²) < 4.78 is 26.4. The number of rotatable bonds is 5. The minimum absolute atomic E-state index is 0.0569. The van der Waals surface area contributed by atoms with Crippen molar-refractivity contribution in [3.05, 3.63) is 58.6 Å². The van der Waals surface area contributed by atoms with Gasteiger partial charge in [-0.15, -0.1) is 0 Å². The highest BCUT2D eigenvalue weighted by molar-refractivity contribution is 7.89. The molecule has 0 atom stereocenters. The number of hydrogen-bond acceptors (Lipinski definition) is 3. The average molecular weight is 353 g/mol. The van der Waals surface area contributed by atoms with Crippen molar-refractivity contribution in [1.82, 2.24) is 4.72 Å². The second-order valence-electron chi connectivity index (χ2n) is 5.15. The van der Waals surface area contributed by atoms with Gasteiger partial charge in [0.2, 0.25) is 15.9 Å². The second-order valence-corrected chi connectivity index (χ2v) is 7.35. The summed E-state index contributed by atoms with van der Waals surface area (Å²) in [5.74, 6) is -0.434. The third-order valence-corrected chi connectivity index (χ3v) is 4.88. The molecule has 0 fully saturated rings. The van der Waals surface area contributed by atoms with Crippen LogP contribution < -0.4 is 10.0 Å². The van der Waals surface area contributed by atoms with Crippen LogP contribution in [0.3, 0.4) is 0 Å². The van der Waals surface area contributed by atoms with E-state index >= 15 is 0 Å². The summed E-state index contributed by atoms with van der Waals surface area (Å²) in [6, 6.07) is 11.4. The van der Waals surface area contributed by atoms with Gasteiger partial charge in [-0.25, -0.2) is 13.1 Å². The molecule has 0 aromatic heterocycles. The number of carbonyl (C=O) groups excluding carboxylic acids is 1. The van der Waals surface area contributed by atoms with Gasteiger partial charge in [-0.05, 0) is 55.3 Å². The Morgan fingerprint density at radius 1 is 1.09 bits per heavy atom. The summed E-state index contributed by atoms with van der Waals surface area (Å²) in [7, 11) is -3.75. The number of anilines is 1. The number of nitrogens with one attached hydrogen (secondary N) is 2. The lowest BCUT2D eigenvalue weighted by Gasteiger charge is -2.10. The molecule has 2 aromatic carbocycles. The van der Waals surface area contributed by atoms with E-state index < -0.39 is 15.9 Å². The number of sulfonamides is 1. The minimum atomic E-state index is -3.75. The first kappa shape index (κ1) is 17.5. The molecule has 0 aliphatic carbocycles. The van der Waals surface area contributed by atoms with Gasteiger partial charge in [0.25, 0.3) is 0 Å². The van der Waals surface area contributed by atoms with Crippen molar-refractivity contribution < 1.29 is 13.2 Å². The first-order valence-electron chi connectivity index (χ1n) is 6.90. The normalized spacial score (nSPS) is 11.3. The van der Waals surface area contributed by atoms with Gasteiger partial charge in [-0.1, -0.05) is 23.7 Å². The van der Waals surface area contributed by atoms with Gasteiger partial charge < -0.3 is 5.32 Å². The van der Waals surface area contributed by atoms with Gasteiger partial charge in [0.15, 0.2) is 0 Å². The summed E-state index contributed by atoms with van der Waals surface area (Å²) in [5.41, 5.74) is 2.58. The number of amides is 1. The monoisotopic (exact) mass is 352 g/mol. The highest BCUT2D eigenvalue weighted by Gasteiger charge is 2.15. The number of aryl methyl sites for hydroxylation is 2. The SMILES string of the molecule is Cc1ccc(C)c(NC(=O)CNS(=O)(=O)c2ccc(Cl)cc2)c1. The van der Waals surface area contributed by atoms with Crippen molar-refractivity contribution >= 4 is 33.2 Å². The molecule has 7 heteroatoms. The largest absolute Gasteiger partial charge is 0.325 e. The quantitative estimate of drug-likeness (QED) is 0.868.